The van der Waals surface area contributed by atoms with Gasteiger partial charge < -0.3 is 4.98 Å². The molecule has 2 atom stereocenters. The highest BCUT2D eigenvalue weighted by Gasteiger charge is 2.38. The Morgan fingerprint density at radius 2 is 1.93 bits per heavy atom. The average Bonchev–Trinajstić information content (AvgIpc) is 3.06. The van der Waals surface area contributed by atoms with E-state index in [1.807, 2.05) is 0 Å². The van der Waals surface area contributed by atoms with Crippen molar-refractivity contribution >= 4 is 16.7 Å². The monoisotopic (exact) mass is 376 g/mol. The molecule has 5 rings (SSSR count). The van der Waals surface area contributed by atoms with Gasteiger partial charge in [-0.05, 0) is 68.1 Å². The van der Waals surface area contributed by atoms with E-state index in [4.69, 9.17) is 0 Å². The molecule has 3 nitrogen and oxygen atoms in total. The van der Waals surface area contributed by atoms with E-state index < -0.39 is 0 Å². The normalized spacial score (nSPS) is 21.6. The molecule has 2 aliphatic heterocycles. The van der Waals surface area contributed by atoms with E-state index in [9.17, 15) is 9.18 Å². The lowest BCUT2D eigenvalue weighted by atomic mass is 9.82. The third kappa shape index (κ3) is 3.06. The van der Waals surface area contributed by atoms with Gasteiger partial charge >= 0.3 is 0 Å². The first-order valence-corrected chi connectivity index (χ1v) is 10.3. The van der Waals surface area contributed by atoms with Gasteiger partial charge in [-0.2, -0.15) is 0 Å². The molecule has 1 saturated heterocycles. The summed E-state index contributed by atoms with van der Waals surface area (Å²) in [5.41, 5.74) is 4.75. The zero-order chi connectivity index (χ0) is 19.1. The number of nitrogens with one attached hydrogen (secondary N) is 1. The Morgan fingerprint density at radius 3 is 2.79 bits per heavy atom. The average molecular weight is 376 g/mol. The molecule has 3 aromatic rings. The van der Waals surface area contributed by atoms with Gasteiger partial charge in [-0.3, -0.25) is 9.69 Å². The zero-order valence-corrected chi connectivity index (χ0v) is 16.0. The Labute approximate surface area is 164 Å². The number of H-pyrrole nitrogens is 1. The van der Waals surface area contributed by atoms with Crippen molar-refractivity contribution in [2.75, 3.05) is 6.54 Å². The lowest BCUT2D eigenvalue weighted by Crippen LogP contribution is -2.47. The summed E-state index contributed by atoms with van der Waals surface area (Å²) in [5.74, 6) is -0.192. The molecule has 2 bridgehead atoms. The molecule has 2 aliphatic rings. The Morgan fingerprint density at radius 1 is 1.11 bits per heavy atom. The maximum absolute atomic E-state index is 13.1. The molecule has 4 heteroatoms. The quantitative estimate of drug-likeness (QED) is 0.604. The number of para-hydroxylation sites is 1. The summed E-state index contributed by atoms with van der Waals surface area (Å²) in [6.45, 7) is 0.946. The second kappa shape index (κ2) is 7.17. The van der Waals surface area contributed by atoms with Gasteiger partial charge in [0.15, 0.2) is 5.78 Å². The van der Waals surface area contributed by atoms with Crippen LogP contribution in [-0.4, -0.2) is 28.3 Å². The largest absolute Gasteiger partial charge is 0.358 e. The minimum absolute atomic E-state index is 0.106. The number of carbonyl (C=O) groups excluding carboxylic acids is 1. The second-order valence-corrected chi connectivity index (χ2v) is 8.14. The van der Waals surface area contributed by atoms with Gasteiger partial charge in [-0.25, -0.2) is 4.39 Å². The zero-order valence-electron chi connectivity index (χ0n) is 16.0. The standard InChI is InChI=1S/C24H25FN2O/c25-17-12-10-16(11-13-17)23(28)9-4-14-27-18-5-3-8-22(27)24-19-6-1-2-7-20(19)26-21(24)15-18/h1-2,6-7,10-13,18,22,26H,3-5,8-9,14-15H2/t18-,22+/m0/s1. The molecule has 1 N–H and O–H groups in total. The fourth-order valence-corrected chi connectivity index (χ4v) is 5.20. The Hall–Kier alpha value is -2.46. The van der Waals surface area contributed by atoms with E-state index in [-0.39, 0.29) is 11.6 Å². The molecule has 2 aromatic carbocycles. The molecule has 0 radical (unpaired) electrons. The van der Waals surface area contributed by atoms with Crippen molar-refractivity contribution in [3.8, 4) is 0 Å². The van der Waals surface area contributed by atoms with Crippen LogP contribution in [0, 0.1) is 5.82 Å². The number of fused-ring (bicyclic) bond motifs is 6. The van der Waals surface area contributed by atoms with Crippen LogP contribution < -0.4 is 0 Å². The number of aromatic amines is 1. The highest BCUT2D eigenvalue weighted by Crippen LogP contribution is 2.44. The van der Waals surface area contributed by atoms with Crippen molar-refractivity contribution in [1.29, 1.82) is 0 Å². The third-order valence-electron chi connectivity index (χ3n) is 6.47. The number of benzene rings is 2. The first-order chi connectivity index (χ1) is 13.7. The number of aromatic nitrogens is 1. The number of nitrogens with zero attached hydrogens (tertiary/aromatic N) is 1. The summed E-state index contributed by atoms with van der Waals surface area (Å²) < 4.78 is 13.1. The van der Waals surface area contributed by atoms with E-state index in [1.54, 1.807) is 12.1 Å². The Kier molecular flexibility index (Phi) is 4.52. The summed E-state index contributed by atoms with van der Waals surface area (Å²) in [7, 11) is 0. The maximum Gasteiger partial charge on any atom is 0.162 e. The summed E-state index contributed by atoms with van der Waals surface area (Å²) in [4.78, 5) is 18.7. The predicted octanol–water partition coefficient (Wildman–Crippen LogP) is 5.42. The lowest BCUT2D eigenvalue weighted by Gasteiger charge is -2.46. The molecule has 1 fully saturated rings. The second-order valence-electron chi connectivity index (χ2n) is 8.14. The SMILES string of the molecule is O=C(CCCN1[C@H]2CCC[C@@H]1c1c([nH]c3ccccc13)C2)c1ccc(F)cc1. The van der Waals surface area contributed by atoms with Crippen LogP contribution in [0.15, 0.2) is 48.5 Å². The van der Waals surface area contributed by atoms with E-state index in [1.165, 1.54) is 53.6 Å². The number of piperidine rings is 1. The molecular formula is C24H25FN2O. The number of Topliss-reactive ketones (excluding diaryl/α,β-unsaturated/α-hetero) is 1. The van der Waals surface area contributed by atoms with Gasteiger partial charge in [0.05, 0.1) is 0 Å². The minimum atomic E-state index is -0.299. The summed E-state index contributed by atoms with van der Waals surface area (Å²) in [6.07, 6.45) is 6.14. The van der Waals surface area contributed by atoms with Crippen molar-refractivity contribution in [2.45, 2.75) is 50.6 Å². The van der Waals surface area contributed by atoms with E-state index in [0.717, 1.165) is 19.4 Å². The lowest BCUT2D eigenvalue weighted by molar-refractivity contribution is 0.0661. The van der Waals surface area contributed by atoms with Crippen LogP contribution in [0.2, 0.25) is 0 Å². The molecule has 0 saturated carbocycles. The molecule has 0 spiro atoms. The van der Waals surface area contributed by atoms with E-state index in [0.29, 0.717) is 24.1 Å². The van der Waals surface area contributed by atoms with Crippen molar-refractivity contribution in [3.05, 3.63) is 71.2 Å². The van der Waals surface area contributed by atoms with Gasteiger partial charge in [-0.15, -0.1) is 0 Å². The number of hydrogen-bond donors (Lipinski definition) is 1. The summed E-state index contributed by atoms with van der Waals surface area (Å²) in [5, 5.41) is 1.36. The number of carbonyl (C=O) groups is 1. The first kappa shape index (κ1) is 17.6. The molecule has 0 aliphatic carbocycles. The van der Waals surface area contributed by atoms with E-state index >= 15 is 0 Å². The first-order valence-electron chi connectivity index (χ1n) is 10.3. The van der Waals surface area contributed by atoms with Crippen molar-refractivity contribution in [3.63, 3.8) is 0 Å². The minimum Gasteiger partial charge on any atom is -0.358 e. The number of halogens is 1. The maximum atomic E-state index is 13.1. The number of hydrogen-bond acceptors (Lipinski definition) is 2. The highest BCUT2D eigenvalue weighted by molar-refractivity contribution is 5.96. The van der Waals surface area contributed by atoms with Crippen molar-refractivity contribution in [1.82, 2.24) is 9.88 Å². The Balaban J connectivity index is 1.32. The van der Waals surface area contributed by atoms with Gasteiger partial charge in [-0.1, -0.05) is 18.2 Å². The Bertz CT molecular complexity index is 1010. The van der Waals surface area contributed by atoms with Gasteiger partial charge in [0.25, 0.3) is 0 Å². The van der Waals surface area contributed by atoms with Crippen LogP contribution >= 0.6 is 0 Å². The van der Waals surface area contributed by atoms with Crippen LogP contribution in [0.1, 0.15) is 59.8 Å². The molecular weight excluding hydrogens is 351 g/mol. The molecule has 0 unspecified atom stereocenters. The summed E-state index contributed by atoms with van der Waals surface area (Å²) in [6, 6.07) is 15.5. The van der Waals surface area contributed by atoms with Crippen LogP contribution in [0.4, 0.5) is 4.39 Å². The van der Waals surface area contributed by atoms with Crippen molar-refractivity contribution < 1.29 is 9.18 Å². The molecule has 144 valence electrons. The van der Waals surface area contributed by atoms with Gasteiger partial charge in [0.1, 0.15) is 5.82 Å². The van der Waals surface area contributed by atoms with Crippen LogP contribution in [-0.2, 0) is 6.42 Å². The summed E-state index contributed by atoms with van der Waals surface area (Å²) >= 11 is 0. The molecule has 28 heavy (non-hydrogen) atoms. The van der Waals surface area contributed by atoms with Crippen LogP contribution in [0.5, 0.6) is 0 Å². The smallest absolute Gasteiger partial charge is 0.162 e. The van der Waals surface area contributed by atoms with Crippen LogP contribution in [0.25, 0.3) is 10.9 Å². The topological polar surface area (TPSA) is 36.1 Å². The van der Waals surface area contributed by atoms with Gasteiger partial charge in [0, 0.05) is 47.1 Å². The molecule has 3 heterocycles. The third-order valence-corrected chi connectivity index (χ3v) is 6.47. The van der Waals surface area contributed by atoms with Gasteiger partial charge in [0.2, 0.25) is 0 Å². The fourth-order valence-electron chi connectivity index (χ4n) is 5.20. The highest BCUT2D eigenvalue weighted by atomic mass is 19.1. The van der Waals surface area contributed by atoms with E-state index in [2.05, 4.69) is 34.1 Å². The fraction of sp³-hybridized carbons (Fsp3) is 0.375. The predicted molar refractivity (Wildman–Crippen MR) is 109 cm³/mol. The molecule has 1 aromatic heterocycles. The number of rotatable bonds is 5. The van der Waals surface area contributed by atoms with Crippen molar-refractivity contribution in [2.24, 2.45) is 0 Å². The molecule has 0 amide bonds. The van der Waals surface area contributed by atoms with Crippen LogP contribution in [0.3, 0.4) is 0 Å². The number of ketones is 1.